The monoisotopic (exact) mass is 226 g/mol. The molecule has 0 aliphatic heterocycles. The number of rotatable bonds is 4. The molecule has 5 heteroatoms. The van der Waals surface area contributed by atoms with E-state index in [-0.39, 0.29) is 0 Å². The van der Waals surface area contributed by atoms with Crippen LogP contribution in [0.5, 0.6) is 0 Å². The molecule has 0 atom stereocenters. The smallest absolute Gasteiger partial charge is 0.323 e. The van der Waals surface area contributed by atoms with Crippen LogP contribution in [0.25, 0.3) is 0 Å². The SMILES string of the molecule is Cc1nc(CN(C)C(C)(C)C(=O)O)oc1C. The average molecular weight is 226 g/mol. The fraction of sp³-hybridized carbons (Fsp3) is 0.636. The molecule has 0 aromatic carbocycles. The van der Waals surface area contributed by atoms with Gasteiger partial charge in [-0.15, -0.1) is 0 Å². The molecule has 0 spiro atoms. The number of carboxylic acids is 1. The highest BCUT2D eigenvalue weighted by Gasteiger charge is 2.32. The Hall–Kier alpha value is -1.36. The number of carbonyl (C=O) groups is 1. The van der Waals surface area contributed by atoms with Crippen LogP contribution in [0.1, 0.15) is 31.2 Å². The quantitative estimate of drug-likeness (QED) is 0.844. The van der Waals surface area contributed by atoms with E-state index in [1.807, 2.05) is 13.8 Å². The summed E-state index contributed by atoms with van der Waals surface area (Å²) in [5, 5.41) is 9.06. The highest BCUT2D eigenvalue weighted by molar-refractivity contribution is 5.77. The first-order chi connectivity index (χ1) is 7.25. The van der Waals surface area contributed by atoms with E-state index < -0.39 is 11.5 Å². The first kappa shape index (κ1) is 12.7. The molecule has 5 nitrogen and oxygen atoms in total. The maximum Gasteiger partial charge on any atom is 0.323 e. The summed E-state index contributed by atoms with van der Waals surface area (Å²) < 4.78 is 5.41. The molecule has 1 aromatic heterocycles. The van der Waals surface area contributed by atoms with Crippen molar-refractivity contribution in [1.29, 1.82) is 0 Å². The van der Waals surface area contributed by atoms with Crippen molar-refractivity contribution in [3.63, 3.8) is 0 Å². The van der Waals surface area contributed by atoms with Crippen LogP contribution in [0.15, 0.2) is 4.42 Å². The molecule has 16 heavy (non-hydrogen) atoms. The van der Waals surface area contributed by atoms with Crippen molar-refractivity contribution >= 4 is 5.97 Å². The van der Waals surface area contributed by atoms with Gasteiger partial charge in [-0.25, -0.2) is 4.98 Å². The fourth-order valence-electron chi connectivity index (χ4n) is 1.17. The third kappa shape index (κ3) is 2.41. The number of nitrogens with zero attached hydrogens (tertiary/aromatic N) is 2. The first-order valence-electron chi connectivity index (χ1n) is 5.12. The molecule has 0 fully saturated rings. The van der Waals surface area contributed by atoms with Crippen molar-refractivity contribution < 1.29 is 14.3 Å². The summed E-state index contributed by atoms with van der Waals surface area (Å²) in [6, 6.07) is 0. The molecule has 1 N–H and O–H groups in total. The van der Waals surface area contributed by atoms with E-state index in [9.17, 15) is 4.79 Å². The largest absolute Gasteiger partial charge is 0.480 e. The van der Waals surface area contributed by atoms with Gasteiger partial charge in [-0.2, -0.15) is 0 Å². The summed E-state index contributed by atoms with van der Waals surface area (Å²) in [5.41, 5.74) is -0.0902. The molecule has 1 heterocycles. The summed E-state index contributed by atoms with van der Waals surface area (Å²) in [6.07, 6.45) is 0. The molecule has 0 saturated heterocycles. The molecule has 1 rings (SSSR count). The second-order valence-electron chi connectivity index (χ2n) is 4.47. The topological polar surface area (TPSA) is 66.6 Å². The maximum absolute atomic E-state index is 11.0. The van der Waals surface area contributed by atoms with Crippen LogP contribution >= 0.6 is 0 Å². The number of hydrogen-bond acceptors (Lipinski definition) is 4. The van der Waals surface area contributed by atoms with Gasteiger partial charge in [0.25, 0.3) is 0 Å². The maximum atomic E-state index is 11.0. The van der Waals surface area contributed by atoms with Gasteiger partial charge in [0.15, 0.2) is 0 Å². The Kier molecular flexibility index (Phi) is 3.38. The number of oxazole rings is 1. The van der Waals surface area contributed by atoms with E-state index in [1.165, 1.54) is 0 Å². The van der Waals surface area contributed by atoms with Crippen molar-refractivity contribution in [3.05, 3.63) is 17.3 Å². The summed E-state index contributed by atoms with van der Waals surface area (Å²) in [7, 11) is 1.74. The third-order valence-electron chi connectivity index (χ3n) is 2.92. The molecule has 0 aliphatic rings. The second-order valence-corrected chi connectivity index (χ2v) is 4.47. The van der Waals surface area contributed by atoms with Gasteiger partial charge in [-0.3, -0.25) is 9.69 Å². The predicted octanol–water partition coefficient (Wildman–Crippen LogP) is 1.59. The van der Waals surface area contributed by atoms with Crippen LogP contribution in [0, 0.1) is 13.8 Å². The van der Waals surface area contributed by atoms with Crippen molar-refractivity contribution in [2.45, 2.75) is 39.8 Å². The number of likely N-dealkylation sites (N-methyl/N-ethyl adjacent to an activating group) is 1. The van der Waals surface area contributed by atoms with Crippen LogP contribution in [0.3, 0.4) is 0 Å². The standard InChI is InChI=1S/C11H18N2O3/c1-7-8(2)16-9(12-7)6-13(5)11(3,4)10(14)15/h6H2,1-5H3,(H,14,15). The van der Waals surface area contributed by atoms with Gasteiger partial charge in [0.2, 0.25) is 5.89 Å². The first-order valence-corrected chi connectivity index (χ1v) is 5.12. The van der Waals surface area contributed by atoms with Crippen LogP contribution < -0.4 is 0 Å². The molecule has 0 unspecified atom stereocenters. The average Bonchev–Trinajstić information content (AvgIpc) is 2.45. The van der Waals surface area contributed by atoms with E-state index in [4.69, 9.17) is 9.52 Å². The van der Waals surface area contributed by atoms with Crippen LogP contribution in [0.4, 0.5) is 0 Å². The lowest BCUT2D eigenvalue weighted by molar-refractivity contribution is -0.149. The Morgan fingerprint density at radius 3 is 2.44 bits per heavy atom. The van der Waals surface area contributed by atoms with E-state index in [0.29, 0.717) is 12.4 Å². The van der Waals surface area contributed by atoms with E-state index in [0.717, 1.165) is 11.5 Å². The fourth-order valence-corrected chi connectivity index (χ4v) is 1.17. The number of carboxylic acid groups (broad SMARTS) is 1. The molecule has 0 aliphatic carbocycles. The minimum Gasteiger partial charge on any atom is -0.480 e. The Bertz CT molecular complexity index is 376. The van der Waals surface area contributed by atoms with Gasteiger partial charge in [-0.05, 0) is 34.7 Å². The molecule has 1 aromatic rings. The van der Waals surface area contributed by atoms with Gasteiger partial charge < -0.3 is 9.52 Å². The zero-order chi connectivity index (χ0) is 12.5. The molecular weight excluding hydrogens is 208 g/mol. The Balaban J connectivity index is 2.78. The lowest BCUT2D eigenvalue weighted by atomic mass is 10.0. The molecule has 0 radical (unpaired) electrons. The van der Waals surface area contributed by atoms with E-state index in [1.54, 1.807) is 25.8 Å². The highest BCUT2D eigenvalue weighted by Crippen LogP contribution is 2.17. The van der Waals surface area contributed by atoms with Crippen molar-refractivity contribution in [1.82, 2.24) is 9.88 Å². The van der Waals surface area contributed by atoms with Gasteiger partial charge in [0.05, 0.1) is 12.2 Å². The molecule has 0 bridgehead atoms. The Morgan fingerprint density at radius 2 is 2.06 bits per heavy atom. The van der Waals surface area contributed by atoms with Crippen LogP contribution in [-0.2, 0) is 11.3 Å². The third-order valence-corrected chi connectivity index (χ3v) is 2.92. The van der Waals surface area contributed by atoms with Gasteiger partial charge in [-0.1, -0.05) is 0 Å². The van der Waals surface area contributed by atoms with Crippen LogP contribution in [-0.4, -0.2) is 33.5 Å². The number of aliphatic carboxylic acids is 1. The number of hydrogen-bond donors (Lipinski definition) is 1. The number of aromatic nitrogens is 1. The lowest BCUT2D eigenvalue weighted by Crippen LogP contribution is -2.47. The molecule has 0 amide bonds. The highest BCUT2D eigenvalue weighted by atomic mass is 16.4. The van der Waals surface area contributed by atoms with Gasteiger partial charge in [0, 0.05) is 0 Å². The summed E-state index contributed by atoms with van der Waals surface area (Å²) in [6.45, 7) is 7.39. The molecule has 90 valence electrons. The molecule has 0 saturated carbocycles. The second kappa shape index (κ2) is 4.25. The Labute approximate surface area is 95.1 Å². The van der Waals surface area contributed by atoms with Crippen molar-refractivity contribution in [2.75, 3.05) is 7.05 Å². The van der Waals surface area contributed by atoms with Crippen molar-refractivity contribution in [2.24, 2.45) is 0 Å². The zero-order valence-electron chi connectivity index (χ0n) is 10.4. The van der Waals surface area contributed by atoms with E-state index >= 15 is 0 Å². The summed E-state index contributed by atoms with van der Waals surface area (Å²) >= 11 is 0. The normalized spacial score (nSPS) is 12.1. The summed E-state index contributed by atoms with van der Waals surface area (Å²) in [5.74, 6) is 0.457. The van der Waals surface area contributed by atoms with E-state index in [2.05, 4.69) is 4.98 Å². The minimum absolute atomic E-state index is 0.383. The summed E-state index contributed by atoms with van der Waals surface area (Å²) in [4.78, 5) is 16.9. The number of aryl methyl sites for hydroxylation is 2. The van der Waals surface area contributed by atoms with Gasteiger partial charge in [0.1, 0.15) is 11.3 Å². The van der Waals surface area contributed by atoms with Gasteiger partial charge >= 0.3 is 5.97 Å². The minimum atomic E-state index is -0.934. The molecular formula is C11H18N2O3. The predicted molar refractivity (Wildman–Crippen MR) is 59.2 cm³/mol. The Morgan fingerprint density at radius 1 is 1.50 bits per heavy atom. The van der Waals surface area contributed by atoms with Crippen molar-refractivity contribution in [3.8, 4) is 0 Å². The lowest BCUT2D eigenvalue weighted by Gasteiger charge is -2.30. The van der Waals surface area contributed by atoms with Crippen LogP contribution in [0.2, 0.25) is 0 Å². The zero-order valence-corrected chi connectivity index (χ0v) is 10.4.